The van der Waals surface area contributed by atoms with E-state index in [1.165, 1.54) is 5.56 Å². The highest BCUT2D eigenvalue weighted by Crippen LogP contribution is 2.37. The van der Waals surface area contributed by atoms with Gasteiger partial charge in [-0.3, -0.25) is 4.79 Å². The zero-order valence-corrected chi connectivity index (χ0v) is 15.4. The maximum atomic E-state index is 12.9. The van der Waals surface area contributed by atoms with Crippen molar-refractivity contribution in [1.29, 1.82) is 0 Å². The number of aromatic nitrogens is 2. The van der Waals surface area contributed by atoms with Crippen LogP contribution in [0.3, 0.4) is 0 Å². The van der Waals surface area contributed by atoms with Gasteiger partial charge in [0.05, 0.1) is 18.4 Å². The molecule has 1 aromatic heterocycles. The Morgan fingerprint density at radius 3 is 2.65 bits per heavy atom. The number of halogens is 2. The van der Waals surface area contributed by atoms with Gasteiger partial charge in [0.1, 0.15) is 0 Å². The van der Waals surface area contributed by atoms with Crippen LogP contribution < -0.4 is 5.32 Å². The Kier molecular flexibility index (Phi) is 4.70. The first-order chi connectivity index (χ1) is 12.6. The Bertz CT molecular complexity index is 920. The summed E-state index contributed by atoms with van der Waals surface area (Å²) in [6.07, 6.45) is 7.39. The molecule has 0 aliphatic heterocycles. The zero-order valence-electron chi connectivity index (χ0n) is 13.9. The van der Waals surface area contributed by atoms with Gasteiger partial charge in [-0.2, -0.15) is 0 Å². The van der Waals surface area contributed by atoms with Crippen LogP contribution in [0, 0.1) is 0 Å². The minimum absolute atomic E-state index is 0.103. The molecular weight excluding hydrogens is 369 g/mol. The number of hydrogen-bond donors (Lipinski definition) is 1. The van der Waals surface area contributed by atoms with E-state index < -0.39 is 0 Å². The molecule has 26 heavy (non-hydrogen) atoms. The molecule has 132 valence electrons. The van der Waals surface area contributed by atoms with E-state index >= 15 is 0 Å². The second-order valence-electron chi connectivity index (χ2n) is 6.42. The van der Waals surface area contributed by atoms with Crippen molar-refractivity contribution in [3.05, 3.63) is 87.9 Å². The van der Waals surface area contributed by atoms with Gasteiger partial charge < -0.3 is 9.88 Å². The number of fused-ring (bicyclic) bond motifs is 1. The van der Waals surface area contributed by atoms with Gasteiger partial charge in [-0.15, -0.1) is 0 Å². The molecule has 0 saturated heterocycles. The smallest absolute Gasteiger partial charge is 0.251 e. The lowest BCUT2D eigenvalue weighted by Crippen LogP contribution is -2.37. The molecule has 0 radical (unpaired) electrons. The van der Waals surface area contributed by atoms with Crippen LogP contribution in [0.4, 0.5) is 0 Å². The maximum Gasteiger partial charge on any atom is 0.251 e. The van der Waals surface area contributed by atoms with Gasteiger partial charge in [-0.05, 0) is 42.2 Å². The summed E-state index contributed by atoms with van der Waals surface area (Å²) >= 11 is 12.1. The van der Waals surface area contributed by atoms with E-state index in [0.29, 0.717) is 15.6 Å². The van der Waals surface area contributed by atoms with Crippen molar-refractivity contribution in [2.75, 3.05) is 0 Å². The summed E-state index contributed by atoms with van der Waals surface area (Å²) in [4.78, 5) is 17.1. The normalized spacial score (nSPS) is 19.0. The molecule has 2 atom stereocenters. The van der Waals surface area contributed by atoms with Crippen LogP contribution in [-0.2, 0) is 6.42 Å². The van der Waals surface area contributed by atoms with E-state index in [2.05, 4.69) is 27.0 Å². The number of nitrogens with one attached hydrogen (secondary N) is 1. The lowest BCUT2D eigenvalue weighted by molar-refractivity contribution is 0.0918. The highest BCUT2D eigenvalue weighted by Gasteiger charge is 2.32. The summed E-state index contributed by atoms with van der Waals surface area (Å²) in [6.45, 7) is 0. The Morgan fingerprint density at radius 1 is 1.15 bits per heavy atom. The molecule has 0 spiro atoms. The third-order valence-electron chi connectivity index (χ3n) is 4.80. The largest absolute Gasteiger partial charge is 0.343 e. The summed E-state index contributed by atoms with van der Waals surface area (Å²) in [7, 11) is 0. The van der Waals surface area contributed by atoms with Gasteiger partial charge in [-0.1, -0.05) is 47.5 Å². The molecule has 3 aromatic rings. The van der Waals surface area contributed by atoms with E-state index in [4.69, 9.17) is 23.2 Å². The van der Waals surface area contributed by atoms with Crippen LogP contribution in [-0.4, -0.2) is 15.5 Å². The van der Waals surface area contributed by atoms with Crippen molar-refractivity contribution in [3.63, 3.8) is 0 Å². The van der Waals surface area contributed by atoms with Crippen molar-refractivity contribution in [3.8, 4) is 0 Å². The minimum Gasteiger partial charge on any atom is -0.343 e. The molecule has 6 heteroatoms. The van der Waals surface area contributed by atoms with Crippen LogP contribution in [0.2, 0.25) is 10.0 Å². The fraction of sp³-hybridized carbons (Fsp3) is 0.200. The number of imidazole rings is 1. The Morgan fingerprint density at radius 2 is 1.92 bits per heavy atom. The van der Waals surface area contributed by atoms with Gasteiger partial charge in [0.25, 0.3) is 5.91 Å². The molecule has 0 fully saturated rings. The molecule has 1 aliphatic rings. The third kappa shape index (κ3) is 3.35. The lowest BCUT2D eigenvalue weighted by atomic mass is 9.83. The summed E-state index contributed by atoms with van der Waals surface area (Å²) < 4.78 is 2.06. The van der Waals surface area contributed by atoms with Crippen molar-refractivity contribution in [1.82, 2.24) is 14.9 Å². The summed E-state index contributed by atoms with van der Waals surface area (Å²) in [5, 5.41) is 4.06. The summed E-state index contributed by atoms with van der Waals surface area (Å²) in [5.74, 6) is -0.193. The molecule has 0 saturated carbocycles. The number of rotatable bonds is 3. The van der Waals surface area contributed by atoms with E-state index in [-0.39, 0.29) is 18.0 Å². The van der Waals surface area contributed by atoms with Crippen LogP contribution in [0.15, 0.2) is 61.2 Å². The van der Waals surface area contributed by atoms with Crippen LogP contribution in [0.25, 0.3) is 0 Å². The number of carbonyl (C=O) groups excluding carboxylic acids is 1. The van der Waals surface area contributed by atoms with E-state index in [0.717, 1.165) is 18.4 Å². The van der Waals surface area contributed by atoms with Gasteiger partial charge in [0.2, 0.25) is 0 Å². The van der Waals surface area contributed by atoms with Gasteiger partial charge >= 0.3 is 0 Å². The van der Waals surface area contributed by atoms with Crippen LogP contribution in [0.1, 0.15) is 40.0 Å². The number of amides is 1. The number of aryl methyl sites for hydroxylation is 1. The molecule has 1 aliphatic carbocycles. The minimum atomic E-state index is -0.193. The SMILES string of the molecule is O=C(N[C@H]1c2ccccc2CC[C@H]1n1ccnc1)c1cc(Cl)cc(Cl)c1. The molecule has 0 bridgehead atoms. The molecule has 1 amide bonds. The average molecular weight is 386 g/mol. The number of nitrogens with zero attached hydrogens (tertiary/aromatic N) is 2. The first kappa shape index (κ1) is 17.1. The number of hydrogen-bond acceptors (Lipinski definition) is 2. The van der Waals surface area contributed by atoms with Crippen molar-refractivity contribution >= 4 is 29.1 Å². The zero-order chi connectivity index (χ0) is 18.1. The molecule has 1 N–H and O–H groups in total. The third-order valence-corrected chi connectivity index (χ3v) is 5.24. The van der Waals surface area contributed by atoms with E-state index in [1.54, 1.807) is 30.7 Å². The standard InChI is InChI=1S/C20H17Cl2N3O/c21-15-9-14(10-16(22)11-15)20(26)24-19-17-4-2-1-3-13(17)5-6-18(19)25-8-7-23-12-25/h1-4,7-12,18-19H,5-6H2,(H,24,26)/t18-,19+/m1/s1. The fourth-order valence-electron chi connectivity index (χ4n) is 3.61. The highest BCUT2D eigenvalue weighted by molar-refractivity contribution is 6.35. The second kappa shape index (κ2) is 7.14. The second-order valence-corrected chi connectivity index (χ2v) is 7.30. The Balaban J connectivity index is 1.69. The maximum absolute atomic E-state index is 12.9. The van der Waals surface area contributed by atoms with Crippen molar-refractivity contribution in [2.24, 2.45) is 0 Å². The molecule has 4 nitrogen and oxygen atoms in total. The van der Waals surface area contributed by atoms with Crippen molar-refractivity contribution in [2.45, 2.75) is 24.9 Å². The molecule has 0 unspecified atom stereocenters. The predicted octanol–water partition coefficient (Wildman–Crippen LogP) is 4.85. The van der Waals surface area contributed by atoms with Crippen LogP contribution >= 0.6 is 23.2 Å². The lowest BCUT2D eigenvalue weighted by Gasteiger charge is -2.35. The van der Waals surface area contributed by atoms with Gasteiger partial charge in [0.15, 0.2) is 0 Å². The first-order valence-electron chi connectivity index (χ1n) is 8.44. The summed E-state index contributed by atoms with van der Waals surface area (Å²) in [6, 6.07) is 13.1. The molecular formula is C20H17Cl2N3O. The quantitative estimate of drug-likeness (QED) is 0.700. The highest BCUT2D eigenvalue weighted by atomic mass is 35.5. The number of carbonyl (C=O) groups is 1. The van der Waals surface area contributed by atoms with E-state index in [9.17, 15) is 4.79 Å². The van der Waals surface area contributed by atoms with Gasteiger partial charge in [0, 0.05) is 28.0 Å². The fourth-order valence-corrected chi connectivity index (χ4v) is 4.14. The Labute approximate surface area is 161 Å². The molecule has 4 rings (SSSR count). The predicted molar refractivity (Wildman–Crippen MR) is 103 cm³/mol. The van der Waals surface area contributed by atoms with Gasteiger partial charge in [-0.25, -0.2) is 4.98 Å². The van der Waals surface area contributed by atoms with Crippen LogP contribution in [0.5, 0.6) is 0 Å². The topological polar surface area (TPSA) is 46.9 Å². The first-order valence-corrected chi connectivity index (χ1v) is 9.19. The average Bonchev–Trinajstić information content (AvgIpc) is 3.15. The summed E-state index contributed by atoms with van der Waals surface area (Å²) in [5.41, 5.74) is 2.85. The monoisotopic (exact) mass is 385 g/mol. The molecule has 2 aromatic carbocycles. The van der Waals surface area contributed by atoms with E-state index in [1.807, 2.05) is 18.3 Å². The van der Waals surface area contributed by atoms with Crippen molar-refractivity contribution < 1.29 is 4.79 Å². The Hall–Kier alpha value is -2.30. The number of benzene rings is 2. The molecule has 1 heterocycles.